The molecule has 0 aromatic rings. The van der Waals surface area contributed by atoms with E-state index < -0.39 is 0 Å². The van der Waals surface area contributed by atoms with E-state index in [2.05, 4.69) is 10.7 Å². The standard InChI is InChI=1S/C5H8N4/c6-4-8-9-3-1-2-7-5-9/h1,3,7-8H,2,5H2. The molecule has 2 N–H and O–H groups in total. The fourth-order valence-corrected chi connectivity index (χ4v) is 0.642. The third-order valence-electron chi connectivity index (χ3n) is 1.02. The van der Waals surface area contributed by atoms with Crippen LogP contribution in [0.4, 0.5) is 0 Å². The second-order valence-corrected chi connectivity index (χ2v) is 1.69. The molecule has 9 heavy (non-hydrogen) atoms. The van der Waals surface area contributed by atoms with Gasteiger partial charge in [-0.05, 0) is 0 Å². The van der Waals surface area contributed by atoms with Crippen LogP contribution in [0.15, 0.2) is 12.3 Å². The molecule has 0 fully saturated rings. The number of nitrogens with one attached hydrogen (secondary N) is 2. The molecule has 4 nitrogen and oxygen atoms in total. The fourth-order valence-electron chi connectivity index (χ4n) is 0.642. The lowest BCUT2D eigenvalue weighted by molar-refractivity contribution is 0.288. The molecule has 0 radical (unpaired) electrons. The van der Waals surface area contributed by atoms with E-state index in [4.69, 9.17) is 5.26 Å². The lowest BCUT2D eigenvalue weighted by Gasteiger charge is -2.20. The van der Waals surface area contributed by atoms with Crippen LogP contribution in [-0.4, -0.2) is 18.2 Å². The maximum absolute atomic E-state index is 8.15. The van der Waals surface area contributed by atoms with Crippen molar-refractivity contribution in [3.8, 4) is 6.19 Å². The Bertz CT molecular complexity index is 146. The molecule has 1 aliphatic rings. The molecule has 0 aromatic carbocycles. The maximum Gasteiger partial charge on any atom is 0.197 e. The van der Waals surface area contributed by atoms with Gasteiger partial charge in [0.2, 0.25) is 0 Å². The highest BCUT2D eigenvalue weighted by Gasteiger charge is 1.97. The third kappa shape index (κ3) is 1.63. The minimum atomic E-state index is 0.685. The first-order valence-electron chi connectivity index (χ1n) is 2.72. The highest BCUT2D eigenvalue weighted by molar-refractivity contribution is 4.88. The van der Waals surface area contributed by atoms with E-state index in [1.807, 2.05) is 18.5 Å². The predicted molar refractivity (Wildman–Crippen MR) is 32.6 cm³/mol. The average Bonchev–Trinajstić information content (AvgIpc) is 1.91. The lowest BCUT2D eigenvalue weighted by atomic mass is 10.5. The summed E-state index contributed by atoms with van der Waals surface area (Å²) in [5, 5.41) is 12.9. The minimum absolute atomic E-state index is 0.685. The highest BCUT2D eigenvalue weighted by atomic mass is 15.5. The van der Waals surface area contributed by atoms with Gasteiger partial charge in [0.05, 0.1) is 6.67 Å². The molecule has 0 unspecified atom stereocenters. The number of hydrazine groups is 1. The molecular weight excluding hydrogens is 116 g/mol. The van der Waals surface area contributed by atoms with Gasteiger partial charge in [-0.2, -0.15) is 5.26 Å². The molecule has 0 aromatic heterocycles. The normalized spacial score (nSPS) is 17.0. The van der Waals surface area contributed by atoms with Gasteiger partial charge in [0.25, 0.3) is 0 Å². The molecule has 0 saturated carbocycles. The van der Waals surface area contributed by atoms with Crippen LogP contribution in [0, 0.1) is 11.5 Å². The summed E-state index contributed by atoms with van der Waals surface area (Å²) in [6.45, 7) is 1.56. The number of nitrogens with zero attached hydrogens (tertiary/aromatic N) is 2. The molecule has 0 saturated heterocycles. The lowest BCUT2D eigenvalue weighted by Crippen LogP contribution is -2.40. The zero-order valence-corrected chi connectivity index (χ0v) is 4.96. The summed E-state index contributed by atoms with van der Waals surface area (Å²) in [7, 11) is 0. The van der Waals surface area contributed by atoms with Gasteiger partial charge in [-0.25, -0.2) is 5.43 Å². The quantitative estimate of drug-likeness (QED) is 0.360. The van der Waals surface area contributed by atoms with Crippen molar-refractivity contribution in [3.63, 3.8) is 0 Å². The topological polar surface area (TPSA) is 51.1 Å². The van der Waals surface area contributed by atoms with E-state index in [0.29, 0.717) is 6.67 Å². The average molecular weight is 124 g/mol. The Morgan fingerprint density at radius 1 is 1.78 bits per heavy atom. The molecule has 4 heteroatoms. The van der Waals surface area contributed by atoms with Gasteiger partial charge in [-0.15, -0.1) is 0 Å². The Morgan fingerprint density at radius 2 is 2.67 bits per heavy atom. The Balaban J connectivity index is 2.33. The van der Waals surface area contributed by atoms with Crippen LogP contribution >= 0.6 is 0 Å². The van der Waals surface area contributed by atoms with E-state index in [1.165, 1.54) is 0 Å². The first-order chi connectivity index (χ1) is 4.43. The summed E-state index contributed by atoms with van der Waals surface area (Å²) < 4.78 is 0. The summed E-state index contributed by atoms with van der Waals surface area (Å²) in [4.78, 5) is 0. The van der Waals surface area contributed by atoms with E-state index in [1.54, 1.807) is 5.01 Å². The van der Waals surface area contributed by atoms with Gasteiger partial charge in [0.15, 0.2) is 6.19 Å². The zero-order chi connectivity index (χ0) is 6.53. The van der Waals surface area contributed by atoms with Crippen LogP contribution in [0.1, 0.15) is 0 Å². The van der Waals surface area contributed by atoms with Crippen LogP contribution in [0.5, 0.6) is 0 Å². The van der Waals surface area contributed by atoms with Gasteiger partial charge in [-0.3, -0.25) is 10.3 Å². The summed E-state index contributed by atoms with van der Waals surface area (Å²) in [5.74, 6) is 0. The van der Waals surface area contributed by atoms with Crippen molar-refractivity contribution >= 4 is 0 Å². The van der Waals surface area contributed by atoms with E-state index in [-0.39, 0.29) is 0 Å². The Morgan fingerprint density at radius 3 is 3.22 bits per heavy atom. The summed E-state index contributed by atoms with van der Waals surface area (Å²) in [6, 6.07) is 0. The summed E-state index contributed by atoms with van der Waals surface area (Å²) in [5.41, 5.74) is 2.47. The molecule has 0 atom stereocenters. The molecule has 1 aliphatic heterocycles. The van der Waals surface area contributed by atoms with Crippen LogP contribution in [0.25, 0.3) is 0 Å². The van der Waals surface area contributed by atoms with Crippen molar-refractivity contribution in [2.45, 2.75) is 0 Å². The van der Waals surface area contributed by atoms with Crippen LogP contribution in [0.2, 0.25) is 0 Å². The van der Waals surface area contributed by atoms with Crippen molar-refractivity contribution in [1.82, 2.24) is 15.8 Å². The van der Waals surface area contributed by atoms with Crippen LogP contribution in [0.3, 0.4) is 0 Å². The van der Waals surface area contributed by atoms with Gasteiger partial charge in [0, 0.05) is 12.7 Å². The largest absolute Gasteiger partial charge is 0.295 e. The highest BCUT2D eigenvalue weighted by Crippen LogP contribution is 1.85. The van der Waals surface area contributed by atoms with Crippen molar-refractivity contribution < 1.29 is 0 Å². The monoisotopic (exact) mass is 124 g/mol. The van der Waals surface area contributed by atoms with Gasteiger partial charge >= 0.3 is 0 Å². The minimum Gasteiger partial charge on any atom is -0.295 e. The van der Waals surface area contributed by atoms with Crippen molar-refractivity contribution in [2.24, 2.45) is 0 Å². The number of nitriles is 1. The number of rotatable bonds is 1. The molecule has 0 spiro atoms. The van der Waals surface area contributed by atoms with Gasteiger partial charge < -0.3 is 0 Å². The van der Waals surface area contributed by atoms with Gasteiger partial charge in [-0.1, -0.05) is 6.08 Å². The second kappa shape index (κ2) is 2.95. The van der Waals surface area contributed by atoms with Crippen molar-refractivity contribution in [1.29, 1.82) is 5.26 Å². The fraction of sp³-hybridized carbons (Fsp3) is 0.400. The SMILES string of the molecule is N#CNN1C=CCNC1. The zero-order valence-electron chi connectivity index (χ0n) is 4.96. The molecular formula is C5H8N4. The third-order valence-corrected chi connectivity index (χ3v) is 1.02. The molecule has 0 amide bonds. The van der Waals surface area contributed by atoms with Gasteiger partial charge in [0.1, 0.15) is 0 Å². The van der Waals surface area contributed by atoms with Crippen molar-refractivity contribution in [2.75, 3.05) is 13.2 Å². The Hall–Kier alpha value is -1.21. The van der Waals surface area contributed by atoms with E-state index in [9.17, 15) is 0 Å². The molecule has 48 valence electrons. The second-order valence-electron chi connectivity index (χ2n) is 1.69. The molecule has 1 rings (SSSR count). The number of hydrogen-bond donors (Lipinski definition) is 2. The first kappa shape index (κ1) is 5.92. The Labute approximate surface area is 53.7 Å². The van der Waals surface area contributed by atoms with E-state index in [0.717, 1.165) is 6.54 Å². The number of hydrogen-bond acceptors (Lipinski definition) is 4. The molecule has 0 bridgehead atoms. The van der Waals surface area contributed by atoms with Crippen LogP contribution < -0.4 is 10.7 Å². The Kier molecular flexibility index (Phi) is 1.94. The smallest absolute Gasteiger partial charge is 0.197 e. The predicted octanol–water partition coefficient (Wildman–Crippen LogP) is -0.652. The van der Waals surface area contributed by atoms with E-state index >= 15 is 0 Å². The summed E-state index contributed by atoms with van der Waals surface area (Å²) >= 11 is 0. The van der Waals surface area contributed by atoms with Crippen molar-refractivity contribution in [3.05, 3.63) is 12.3 Å². The molecule has 1 heterocycles. The first-order valence-corrected chi connectivity index (χ1v) is 2.72. The van der Waals surface area contributed by atoms with Crippen LogP contribution in [-0.2, 0) is 0 Å². The summed E-state index contributed by atoms with van der Waals surface area (Å²) in [6.07, 6.45) is 5.59. The molecule has 0 aliphatic carbocycles. The maximum atomic E-state index is 8.15.